The predicted molar refractivity (Wildman–Crippen MR) is 74.8 cm³/mol. The molecule has 2 rings (SSSR count). The monoisotopic (exact) mass is 279 g/mol. The zero-order chi connectivity index (χ0) is 14.5. The summed E-state index contributed by atoms with van der Waals surface area (Å²) in [7, 11) is 1.64. The van der Waals surface area contributed by atoms with Crippen LogP contribution in [-0.4, -0.2) is 53.1 Å². The molecule has 1 amide bonds. The van der Waals surface area contributed by atoms with Crippen LogP contribution in [0.3, 0.4) is 0 Å². The van der Waals surface area contributed by atoms with Crippen LogP contribution in [0.4, 0.5) is 0 Å². The fourth-order valence-electron chi connectivity index (χ4n) is 2.54. The Morgan fingerprint density at radius 1 is 1.45 bits per heavy atom. The molecular formula is C14H21N3O3. The Hall–Kier alpha value is -1.82. The number of nitrogens with zero attached hydrogens (tertiary/aromatic N) is 2. The van der Waals surface area contributed by atoms with Crippen LogP contribution in [0.25, 0.3) is 0 Å². The van der Waals surface area contributed by atoms with Crippen molar-refractivity contribution >= 4 is 11.9 Å². The molecule has 1 aliphatic heterocycles. The Bertz CT molecular complexity index is 478. The first-order chi connectivity index (χ1) is 9.59. The third-order valence-corrected chi connectivity index (χ3v) is 3.71. The van der Waals surface area contributed by atoms with Crippen molar-refractivity contribution in [2.24, 2.45) is 0 Å². The second kappa shape index (κ2) is 6.56. The number of amides is 1. The topological polar surface area (TPSA) is 74.6 Å². The van der Waals surface area contributed by atoms with Gasteiger partial charge < -0.3 is 19.9 Å². The Morgan fingerprint density at radius 3 is 2.80 bits per heavy atom. The Labute approximate surface area is 118 Å². The number of nitrogens with one attached hydrogen (secondary N) is 1. The van der Waals surface area contributed by atoms with Gasteiger partial charge in [-0.15, -0.1) is 0 Å². The average molecular weight is 279 g/mol. The highest BCUT2D eigenvalue weighted by molar-refractivity contribution is 5.92. The second-order valence-electron chi connectivity index (χ2n) is 5.15. The summed E-state index contributed by atoms with van der Waals surface area (Å²) >= 11 is 0. The maximum Gasteiger partial charge on any atom is 0.305 e. The largest absolute Gasteiger partial charge is 0.481 e. The van der Waals surface area contributed by atoms with Crippen molar-refractivity contribution in [1.29, 1.82) is 0 Å². The van der Waals surface area contributed by atoms with Crippen LogP contribution in [-0.2, 0) is 4.79 Å². The van der Waals surface area contributed by atoms with E-state index in [0.717, 1.165) is 25.9 Å². The van der Waals surface area contributed by atoms with Crippen LogP contribution in [0.15, 0.2) is 18.3 Å². The van der Waals surface area contributed by atoms with Crippen LogP contribution < -0.4 is 5.32 Å². The van der Waals surface area contributed by atoms with Gasteiger partial charge in [-0.25, -0.2) is 0 Å². The number of carboxylic acid groups (broad SMARTS) is 1. The zero-order valence-corrected chi connectivity index (χ0v) is 11.7. The molecule has 0 unspecified atom stereocenters. The Balaban J connectivity index is 2.06. The number of carboxylic acids is 1. The van der Waals surface area contributed by atoms with Crippen molar-refractivity contribution in [3.8, 4) is 0 Å². The Kier molecular flexibility index (Phi) is 4.79. The molecule has 2 heterocycles. The highest BCUT2D eigenvalue weighted by Crippen LogP contribution is 2.21. The van der Waals surface area contributed by atoms with Crippen molar-refractivity contribution < 1.29 is 14.7 Å². The summed E-state index contributed by atoms with van der Waals surface area (Å²) in [5.41, 5.74) is 0.643. The predicted octanol–water partition coefficient (Wildman–Crippen LogP) is 0.959. The fourth-order valence-corrected chi connectivity index (χ4v) is 2.54. The van der Waals surface area contributed by atoms with Gasteiger partial charge >= 0.3 is 5.97 Å². The summed E-state index contributed by atoms with van der Waals surface area (Å²) < 4.78 is 2.03. The van der Waals surface area contributed by atoms with E-state index in [1.165, 1.54) is 4.90 Å². The van der Waals surface area contributed by atoms with Crippen molar-refractivity contribution in [1.82, 2.24) is 14.8 Å². The lowest BCUT2D eigenvalue weighted by atomic mass is 10.1. The summed E-state index contributed by atoms with van der Waals surface area (Å²) in [4.78, 5) is 24.4. The SMILES string of the molecule is CN(CCC(=O)O)C(=O)c1cccn1C1CCNCC1. The Morgan fingerprint density at radius 2 is 2.15 bits per heavy atom. The molecular weight excluding hydrogens is 258 g/mol. The number of aromatic nitrogens is 1. The molecule has 20 heavy (non-hydrogen) atoms. The quantitative estimate of drug-likeness (QED) is 0.842. The van der Waals surface area contributed by atoms with Crippen LogP contribution >= 0.6 is 0 Å². The summed E-state index contributed by atoms with van der Waals surface area (Å²) in [6, 6.07) is 4.03. The van der Waals surface area contributed by atoms with Crippen LogP contribution in [0, 0.1) is 0 Å². The van der Waals surface area contributed by atoms with E-state index in [-0.39, 0.29) is 18.9 Å². The van der Waals surface area contributed by atoms with Crippen molar-refractivity contribution in [2.45, 2.75) is 25.3 Å². The van der Waals surface area contributed by atoms with Gasteiger partial charge in [0, 0.05) is 25.8 Å². The lowest BCUT2D eigenvalue weighted by Gasteiger charge is -2.27. The normalized spacial score (nSPS) is 16.1. The maximum atomic E-state index is 12.4. The number of carbonyl (C=O) groups is 2. The maximum absolute atomic E-state index is 12.4. The van der Waals surface area contributed by atoms with Gasteiger partial charge in [0.05, 0.1) is 6.42 Å². The summed E-state index contributed by atoms with van der Waals surface area (Å²) in [5, 5.41) is 12.0. The van der Waals surface area contributed by atoms with E-state index in [0.29, 0.717) is 11.7 Å². The zero-order valence-electron chi connectivity index (χ0n) is 11.7. The molecule has 0 atom stereocenters. The molecule has 0 aliphatic carbocycles. The molecule has 1 saturated heterocycles. The third-order valence-electron chi connectivity index (χ3n) is 3.71. The second-order valence-corrected chi connectivity index (χ2v) is 5.15. The molecule has 1 fully saturated rings. The van der Waals surface area contributed by atoms with Gasteiger partial charge in [-0.05, 0) is 38.1 Å². The first-order valence-corrected chi connectivity index (χ1v) is 6.94. The van der Waals surface area contributed by atoms with Gasteiger partial charge in [-0.1, -0.05) is 0 Å². The van der Waals surface area contributed by atoms with E-state index in [1.807, 2.05) is 22.9 Å². The molecule has 1 aliphatic rings. The summed E-state index contributed by atoms with van der Waals surface area (Å²) in [6.45, 7) is 2.15. The number of hydrogen-bond acceptors (Lipinski definition) is 3. The number of carbonyl (C=O) groups excluding carboxylic acids is 1. The molecule has 6 nitrogen and oxygen atoms in total. The highest BCUT2D eigenvalue weighted by atomic mass is 16.4. The summed E-state index contributed by atoms with van der Waals surface area (Å²) in [6.07, 6.45) is 3.92. The van der Waals surface area contributed by atoms with Gasteiger partial charge in [0.2, 0.25) is 0 Å². The van der Waals surface area contributed by atoms with Crippen molar-refractivity contribution in [2.75, 3.05) is 26.7 Å². The minimum atomic E-state index is -0.890. The van der Waals surface area contributed by atoms with E-state index in [4.69, 9.17) is 5.11 Å². The van der Waals surface area contributed by atoms with Gasteiger partial charge in [-0.3, -0.25) is 9.59 Å². The number of hydrogen-bond donors (Lipinski definition) is 2. The minimum absolute atomic E-state index is 0.0315. The van der Waals surface area contributed by atoms with Gasteiger partial charge in [0.15, 0.2) is 0 Å². The first kappa shape index (κ1) is 14.6. The van der Waals surface area contributed by atoms with Gasteiger partial charge in [0.25, 0.3) is 5.91 Å². The van der Waals surface area contributed by atoms with E-state index in [9.17, 15) is 9.59 Å². The summed E-state index contributed by atoms with van der Waals surface area (Å²) in [5.74, 6) is -1.01. The van der Waals surface area contributed by atoms with E-state index in [2.05, 4.69) is 5.32 Å². The molecule has 1 aromatic rings. The molecule has 0 spiro atoms. The smallest absolute Gasteiger partial charge is 0.305 e. The van der Waals surface area contributed by atoms with E-state index >= 15 is 0 Å². The van der Waals surface area contributed by atoms with Crippen molar-refractivity contribution in [3.63, 3.8) is 0 Å². The molecule has 0 saturated carbocycles. The molecule has 1 aromatic heterocycles. The van der Waals surface area contributed by atoms with Gasteiger partial charge in [-0.2, -0.15) is 0 Å². The average Bonchev–Trinajstić information content (AvgIpc) is 2.94. The van der Waals surface area contributed by atoms with Crippen LogP contribution in [0.1, 0.15) is 35.8 Å². The van der Waals surface area contributed by atoms with E-state index in [1.54, 1.807) is 7.05 Å². The molecule has 6 heteroatoms. The standard InChI is InChI=1S/C14H21N3O3/c1-16(10-6-13(18)19)14(20)12-3-2-9-17(12)11-4-7-15-8-5-11/h2-3,9,11,15H,4-8,10H2,1H3,(H,18,19). The number of aliphatic carboxylic acids is 1. The molecule has 110 valence electrons. The molecule has 2 N–H and O–H groups in total. The molecule has 0 radical (unpaired) electrons. The lowest BCUT2D eigenvalue weighted by molar-refractivity contribution is -0.137. The first-order valence-electron chi connectivity index (χ1n) is 6.94. The number of piperidine rings is 1. The lowest BCUT2D eigenvalue weighted by Crippen LogP contribution is -2.34. The fraction of sp³-hybridized carbons (Fsp3) is 0.571. The number of rotatable bonds is 5. The molecule has 0 aromatic carbocycles. The van der Waals surface area contributed by atoms with Crippen LogP contribution in [0.5, 0.6) is 0 Å². The molecule has 0 bridgehead atoms. The van der Waals surface area contributed by atoms with Gasteiger partial charge in [0.1, 0.15) is 5.69 Å². The van der Waals surface area contributed by atoms with E-state index < -0.39 is 5.97 Å². The minimum Gasteiger partial charge on any atom is -0.481 e. The van der Waals surface area contributed by atoms with Crippen LogP contribution in [0.2, 0.25) is 0 Å². The highest BCUT2D eigenvalue weighted by Gasteiger charge is 2.22. The van der Waals surface area contributed by atoms with Crippen molar-refractivity contribution in [3.05, 3.63) is 24.0 Å². The third kappa shape index (κ3) is 3.39.